The number of amides is 1. The van der Waals surface area contributed by atoms with E-state index in [-0.39, 0.29) is 18.6 Å². The molecule has 0 aliphatic carbocycles. The van der Waals surface area contributed by atoms with E-state index in [0.717, 1.165) is 36.7 Å². The van der Waals surface area contributed by atoms with Gasteiger partial charge in [-0.25, -0.2) is 0 Å². The van der Waals surface area contributed by atoms with E-state index in [9.17, 15) is 4.79 Å². The predicted molar refractivity (Wildman–Crippen MR) is 76.5 cm³/mol. The van der Waals surface area contributed by atoms with Crippen LogP contribution in [0.2, 0.25) is 0 Å². The zero-order valence-corrected chi connectivity index (χ0v) is 11.4. The lowest BCUT2D eigenvalue weighted by molar-refractivity contribution is 0.0575. The minimum absolute atomic E-state index is 0.0613. The molecule has 1 fully saturated rings. The number of aliphatic hydroxyl groups is 1. The molecule has 1 unspecified atom stereocenters. The maximum atomic E-state index is 12.7. The molecule has 0 bridgehead atoms. The van der Waals surface area contributed by atoms with Crippen LogP contribution in [0, 0.1) is 0 Å². The monoisotopic (exact) mass is 273 g/mol. The number of aromatic nitrogens is 2. The van der Waals surface area contributed by atoms with Crippen LogP contribution in [0.1, 0.15) is 36.0 Å². The lowest BCUT2D eigenvalue weighted by Gasteiger charge is -2.35. The van der Waals surface area contributed by atoms with E-state index in [1.54, 1.807) is 6.20 Å². The summed E-state index contributed by atoms with van der Waals surface area (Å²) in [6.07, 6.45) is 5.56. The van der Waals surface area contributed by atoms with E-state index < -0.39 is 0 Å². The highest BCUT2D eigenvalue weighted by Crippen LogP contribution is 2.23. The summed E-state index contributed by atoms with van der Waals surface area (Å²) in [5, 5.41) is 17.0. The third-order valence-electron chi connectivity index (χ3n) is 4.04. The Morgan fingerprint density at radius 1 is 1.45 bits per heavy atom. The summed E-state index contributed by atoms with van der Waals surface area (Å²) >= 11 is 0. The highest BCUT2D eigenvalue weighted by Gasteiger charge is 2.27. The van der Waals surface area contributed by atoms with Crippen molar-refractivity contribution in [3.8, 4) is 0 Å². The van der Waals surface area contributed by atoms with Crippen molar-refractivity contribution in [2.75, 3.05) is 13.2 Å². The molecule has 20 heavy (non-hydrogen) atoms. The Morgan fingerprint density at radius 2 is 2.35 bits per heavy atom. The maximum absolute atomic E-state index is 12.7. The van der Waals surface area contributed by atoms with Crippen LogP contribution in [0.25, 0.3) is 10.9 Å². The summed E-state index contributed by atoms with van der Waals surface area (Å²) in [4.78, 5) is 14.6. The zero-order chi connectivity index (χ0) is 13.9. The fourth-order valence-corrected chi connectivity index (χ4v) is 2.96. The highest BCUT2D eigenvalue weighted by molar-refractivity contribution is 5.98. The van der Waals surface area contributed by atoms with E-state index in [4.69, 9.17) is 5.11 Å². The molecular formula is C15H19N3O2. The summed E-state index contributed by atoms with van der Waals surface area (Å²) in [6.45, 7) is 0.919. The van der Waals surface area contributed by atoms with E-state index in [1.165, 1.54) is 0 Å². The Hall–Kier alpha value is -1.88. The topological polar surface area (TPSA) is 69.2 Å². The molecule has 0 saturated carbocycles. The van der Waals surface area contributed by atoms with Gasteiger partial charge in [0.05, 0.1) is 11.7 Å². The average Bonchev–Trinajstić information content (AvgIpc) is 2.95. The first-order chi connectivity index (χ1) is 9.79. The highest BCUT2D eigenvalue weighted by atomic mass is 16.3. The van der Waals surface area contributed by atoms with Crippen molar-refractivity contribution in [2.45, 2.75) is 31.7 Å². The smallest absolute Gasteiger partial charge is 0.254 e. The number of piperidine rings is 1. The fraction of sp³-hybridized carbons (Fsp3) is 0.467. The van der Waals surface area contributed by atoms with E-state index >= 15 is 0 Å². The Labute approximate surface area is 117 Å². The number of aliphatic hydroxyl groups excluding tert-OH is 1. The Balaban J connectivity index is 1.85. The molecule has 1 aliphatic rings. The van der Waals surface area contributed by atoms with Crippen molar-refractivity contribution in [3.63, 3.8) is 0 Å². The molecule has 3 rings (SSSR count). The molecule has 5 heteroatoms. The van der Waals surface area contributed by atoms with Crippen LogP contribution in [-0.2, 0) is 0 Å². The van der Waals surface area contributed by atoms with Gasteiger partial charge in [0.15, 0.2) is 0 Å². The summed E-state index contributed by atoms with van der Waals surface area (Å²) in [6, 6.07) is 5.78. The van der Waals surface area contributed by atoms with Gasteiger partial charge in [-0.15, -0.1) is 0 Å². The average molecular weight is 273 g/mol. The number of benzene rings is 1. The van der Waals surface area contributed by atoms with Crippen LogP contribution < -0.4 is 0 Å². The number of nitrogens with one attached hydrogen (secondary N) is 1. The van der Waals surface area contributed by atoms with Crippen LogP contribution in [0.4, 0.5) is 0 Å². The van der Waals surface area contributed by atoms with Crippen molar-refractivity contribution in [1.82, 2.24) is 15.1 Å². The minimum Gasteiger partial charge on any atom is -0.396 e. The van der Waals surface area contributed by atoms with E-state index in [1.807, 2.05) is 23.1 Å². The number of hydrogen-bond donors (Lipinski definition) is 2. The van der Waals surface area contributed by atoms with Gasteiger partial charge >= 0.3 is 0 Å². The second-order valence-corrected chi connectivity index (χ2v) is 5.33. The number of nitrogens with zero attached hydrogens (tertiary/aromatic N) is 2. The van der Waals surface area contributed by atoms with Crippen molar-refractivity contribution in [2.24, 2.45) is 0 Å². The molecule has 2 aromatic rings. The number of carbonyl (C=O) groups excluding carboxylic acids is 1. The van der Waals surface area contributed by atoms with Gasteiger partial charge in [-0.05, 0) is 43.9 Å². The first kappa shape index (κ1) is 13.1. The molecule has 5 nitrogen and oxygen atoms in total. The first-order valence-corrected chi connectivity index (χ1v) is 7.14. The molecule has 1 atom stereocenters. The minimum atomic E-state index is 0.0613. The van der Waals surface area contributed by atoms with Crippen molar-refractivity contribution in [1.29, 1.82) is 0 Å². The second kappa shape index (κ2) is 5.63. The predicted octanol–water partition coefficient (Wildman–Crippen LogP) is 1.94. The summed E-state index contributed by atoms with van der Waals surface area (Å²) < 4.78 is 0. The Morgan fingerprint density at radius 3 is 3.20 bits per heavy atom. The quantitative estimate of drug-likeness (QED) is 0.898. The number of hydrogen-bond acceptors (Lipinski definition) is 3. The van der Waals surface area contributed by atoms with Gasteiger partial charge in [-0.3, -0.25) is 9.89 Å². The van der Waals surface area contributed by atoms with Gasteiger partial charge in [-0.2, -0.15) is 5.10 Å². The fourth-order valence-electron chi connectivity index (χ4n) is 2.96. The molecule has 1 saturated heterocycles. The summed E-state index contributed by atoms with van der Waals surface area (Å²) in [5.74, 6) is 0.0613. The van der Waals surface area contributed by atoms with Crippen molar-refractivity contribution < 1.29 is 9.90 Å². The van der Waals surface area contributed by atoms with E-state index in [2.05, 4.69) is 10.2 Å². The standard InChI is InChI=1S/C15H19N3O2/c19-8-6-13-3-1-2-7-18(13)15(20)11-4-5-14-12(9-11)10-16-17-14/h4-5,9-10,13,19H,1-3,6-8H2,(H,16,17). The molecule has 1 aromatic carbocycles. The number of rotatable bonds is 3. The molecule has 1 amide bonds. The maximum Gasteiger partial charge on any atom is 0.254 e. The molecule has 0 spiro atoms. The van der Waals surface area contributed by atoms with Gasteiger partial charge in [0.1, 0.15) is 0 Å². The molecule has 106 valence electrons. The molecule has 0 radical (unpaired) electrons. The van der Waals surface area contributed by atoms with Gasteiger partial charge in [0.25, 0.3) is 5.91 Å². The van der Waals surface area contributed by atoms with Crippen LogP contribution in [0.3, 0.4) is 0 Å². The summed E-state index contributed by atoms with van der Waals surface area (Å²) in [5.41, 5.74) is 1.64. The molecular weight excluding hydrogens is 254 g/mol. The van der Waals surface area contributed by atoms with Crippen LogP contribution in [0.15, 0.2) is 24.4 Å². The number of aromatic amines is 1. The lowest BCUT2D eigenvalue weighted by Crippen LogP contribution is -2.44. The number of fused-ring (bicyclic) bond motifs is 1. The number of carbonyl (C=O) groups is 1. The zero-order valence-electron chi connectivity index (χ0n) is 11.4. The van der Waals surface area contributed by atoms with Crippen LogP contribution in [0.5, 0.6) is 0 Å². The van der Waals surface area contributed by atoms with Gasteiger partial charge in [0.2, 0.25) is 0 Å². The number of H-pyrrole nitrogens is 1. The van der Waals surface area contributed by atoms with Crippen LogP contribution >= 0.6 is 0 Å². The van der Waals surface area contributed by atoms with Crippen LogP contribution in [-0.4, -0.2) is 45.3 Å². The van der Waals surface area contributed by atoms with Gasteiger partial charge in [0, 0.05) is 30.1 Å². The molecule has 2 heterocycles. The molecule has 1 aliphatic heterocycles. The largest absolute Gasteiger partial charge is 0.396 e. The summed E-state index contributed by atoms with van der Waals surface area (Å²) in [7, 11) is 0. The second-order valence-electron chi connectivity index (χ2n) is 5.33. The molecule has 1 aromatic heterocycles. The third kappa shape index (κ3) is 2.41. The third-order valence-corrected chi connectivity index (χ3v) is 4.04. The Bertz CT molecular complexity index is 606. The van der Waals surface area contributed by atoms with Gasteiger partial charge in [-0.1, -0.05) is 0 Å². The number of likely N-dealkylation sites (tertiary alicyclic amines) is 1. The van der Waals surface area contributed by atoms with Gasteiger partial charge < -0.3 is 10.0 Å². The lowest BCUT2D eigenvalue weighted by atomic mass is 9.98. The van der Waals surface area contributed by atoms with Crippen molar-refractivity contribution in [3.05, 3.63) is 30.0 Å². The Kier molecular flexibility index (Phi) is 3.69. The van der Waals surface area contributed by atoms with Crippen molar-refractivity contribution >= 4 is 16.8 Å². The van der Waals surface area contributed by atoms with E-state index in [0.29, 0.717) is 12.0 Å². The molecule has 2 N–H and O–H groups in total. The SMILES string of the molecule is O=C(c1ccc2[nH]ncc2c1)N1CCCCC1CCO. The normalized spacial score (nSPS) is 19.4. The first-order valence-electron chi connectivity index (χ1n) is 7.14.